The zero-order valence-electron chi connectivity index (χ0n) is 16.1. The van der Waals surface area contributed by atoms with Gasteiger partial charge < -0.3 is 14.8 Å². The summed E-state index contributed by atoms with van der Waals surface area (Å²) in [5, 5.41) is 2.95. The summed E-state index contributed by atoms with van der Waals surface area (Å²) >= 11 is 0. The van der Waals surface area contributed by atoms with Gasteiger partial charge in [0.25, 0.3) is 0 Å². The van der Waals surface area contributed by atoms with Crippen LogP contribution in [0.2, 0.25) is 0 Å². The first-order chi connectivity index (χ1) is 13.8. The number of halogens is 3. The quantitative estimate of drug-likeness (QED) is 0.601. The first-order valence-corrected chi connectivity index (χ1v) is 8.82. The molecule has 3 aromatic rings. The normalized spacial score (nSPS) is 12.3. The molecule has 1 aromatic heterocycles. The molecule has 0 spiro atoms. The average Bonchev–Trinajstić information content (AvgIpc) is 2.73. The molecule has 3 rings (SSSR count). The van der Waals surface area contributed by atoms with Crippen molar-refractivity contribution in [1.82, 2.24) is 9.97 Å². The van der Waals surface area contributed by atoms with E-state index in [2.05, 4.69) is 15.3 Å². The van der Waals surface area contributed by atoms with Crippen LogP contribution in [0.4, 0.5) is 19.1 Å². The summed E-state index contributed by atoms with van der Waals surface area (Å²) < 4.78 is 50.7. The fourth-order valence-electron chi connectivity index (χ4n) is 2.82. The number of benzene rings is 2. The molecule has 0 aliphatic heterocycles. The maximum Gasteiger partial charge on any atom is 0.433 e. The Morgan fingerprint density at radius 1 is 0.897 bits per heavy atom. The van der Waals surface area contributed by atoms with E-state index in [0.29, 0.717) is 17.1 Å². The van der Waals surface area contributed by atoms with E-state index in [-0.39, 0.29) is 17.7 Å². The van der Waals surface area contributed by atoms with Gasteiger partial charge in [0.2, 0.25) is 5.95 Å². The lowest BCUT2D eigenvalue weighted by Crippen LogP contribution is -2.14. The third-order valence-corrected chi connectivity index (χ3v) is 4.34. The molecule has 0 aliphatic carbocycles. The van der Waals surface area contributed by atoms with Gasteiger partial charge >= 0.3 is 6.18 Å². The van der Waals surface area contributed by atoms with Crippen LogP contribution in [0.5, 0.6) is 11.5 Å². The molecule has 0 aliphatic rings. The fourth-order valence-corrected chi connectivity index (χ4v) is 2.82. The maximum atomic E-state index is 13.4. The third-order valence-electron chi connectivity index (χ3n) is 4.34. The van der Waals surface area contributed by atoms with Gasteiger partial charge in [-0.2, -0.15) is 13.2 Å². The lowest BCUT2D eigenvalue weighted by Gasteiger charge is -2.17. The van der Waals surface area contributed by atoms with Crippen LogP contribution in [0.1, 0.15) is 24.2 Å². The Morgan fingerprint density at radius 3 is 2.21 bits per heavy atom. The van der Waals surface area contributed by atoms with Crippen molar-refractivity contribution < 1.29 is 22.6 Å². The van der Waals surface area contributed by atoms with Gasteiger partial charge in [-0.15, -0.1) is 0 Å². The summed E-state index contributed by atoms with van der Waals surface area (Å²) in [5.74, 6) is 0.752. The SMILES string of the molecule is COc1ccc(-c2cc(C(F)(F)F)nc(NC(C)c3ccccc3)n2)cc1OC. The minimum Gasteiger partial charge on any atom is -0.493 e. The Morgan fingerprint density at radius 2 is 1.59 bits per heavy atom. The largest absolute Gasteiger partial charge is 0.493 e. The van der Waals surface area contributed by atoms with Crippen LogP contribution in [0.3, 0.4) is 0 Å². The summed E-state index contributed by atoms with van der Waals surface area (Å²) in [4.78, 5) is 7.96. The van der Waals surface area contributed by atoms with Gasteiger partial charge in [0.05, 0.1) is 26.0 Å². The van der Waals surface area contributed by atoms with Gasteiger partial charge in [-0.05, 0) is 36.8 Å². The maximum absolute atomic E-state index is 13.4. The molecule has 1 unspecified atom stereocenters. The number of nitrogens with one attached hydrogen (secondary N) is 1. The summed E-state index contributed by atoms with van der Waals surface area (Å²) in [6.07, 6.45) is -4.61. The Balaban J connectivity index is 2.03. The van der Waals surface area contributed by atoms with Crippen LogP contribution < -0.4 is 14.8 Å². The minimum absolute atomic E-state index is 0.110. The molecule has 1 atom stereocenters. The predicted molar refractivity (Wildman–Crippen MR) is 104 cm³/mol. The summed E-state index contributed by atoms with van der Waals surface area (Å²) in [6, 6.07) is 14.8. The van der Waals surface area contributed by atoms with E-state index in [4.69, 9.17) is 9.47 Å². The molecule has 0 bridgehead atoms. The van der Waals surface area contributed by atoms with E-state index in [1.54, 1.807) is 18.2 Å². The van der Waals surface area contributed by atoms with Crippen molar-refractivity contribution in [3.8, 4) is 22.8 Å². The van der Waals surface area contributed by atoms with E-state index < -0.39 is 11.9 Å². The number of alkyl halides is 3. The summed E-state index contributed by atoms with van der Waals surface area (Å²) in [7, 11) is 2.94. The summed E-state index contributed by atoms with van der Waals surface area (Å²) in [5.41, 5.74) is 0.447. The van der Waals surface area contributed by atoms with Crippen molar-refractivity contribution in [2.24, 2.45) is 0 Å². The monoisotopic (exact) mass is 403 g/mol. The van der Waals surface area contributed by atoms with Gasteiger partial charge in [-0.1, -0.05) is 30.3 Å². The average molecular weight is 403 g/mol. The highest BCUT2D eigenvalue weighted by molar-refractivity contribution is 5.65. The highest BCUT2D eigenvalue weighted by atomic mass is 19.4. The van der Waals surface area contributed by atoms with E-state index in [1.807, 2.05) is 37.3 Å². The molecular weight excluding hydrogens is 383 g/mol. The van der Waals surface area contributed by atoms with Crippen LogP contribution in [0.25, 0.3) is 11.3 Å². The molecule has 0 fully saturated rings. The number of rotatable bonds is 6. The number of anilines is 1. The molecule has 1 heterocycles. The lowest BCUT2D eigenvalue weighted by molar-refractivity contribution is -0.141. The second-order valence-corrected chi connectivity index (χ2v) is 6.31. The number of hydrogen-bond acceptors (Lipinski definition) is 5. The molecule has 8 heteroatoms. The van der Waals surface area contributed by atoms with Crippen LogP contribution in [-0.2, 0) is 6.18 Å². The number of nitrogens with zero attached hydrogens (tertiary/aromatic N) is 2. The molecule has 1 N–H and O–H groups in total. The van der Waals surface area contributed by atoms with Gasteiger partial charge in [-0.25, -0.2) is 9.97 Å². The van der Waals surface area contributed by atoms with Crippen molar-refractivity contribution in [2.75, 3.05) is 19.5 Å². The Bertz CT molecular complexity index is 979. The van der Waals surface area contributed by atoms with Crippen molar-refractivity contribution >= 4 is 5.95 Å². The molecule has 0 radical (unpaired) electrons. The molecule has 0 saturated heterocycles. The number of methoxy groups -OCH3 is 2. The first kappa shape index (κ1) is 20.4. The molecule has 29 heavy (non-hydrogen) atoms. The van der Waals surface area contributed by atoms with Crippen LogP contribution in [0, 0.1) is 0 Å². The third kappa shape index (κ3) is 4.77. The second kappa shape index (κ2) is 8.38. The smallest absolute Gasteiger partial charge is 0.433 e. The number of hydrogen-bond donors (Lipinski definition) is 1. The summed E-state index contributed by atoms with van der Waals surface area (Å²) in [6.45, 7) is 1.83. The highest BCUT2D eigenvalue weighted by Gasteiger charge is 2.34. The van der Waals surface area contributed by atoms with Crippen LogP contribution in [0.15, 0.2) is 54.6 Å². The van der Waals surface area contributed by atoms with Crippen LogP contribution >= 0.6 is 0 Å². The van der Waals surface area contributed by atoms with Gasteiger partial charge in [0.1, 0.15) is 0 Å². The standard InChI is InChI=1S/C21H20F3N3O2/c1-13(14-7-5-4-6-8-14)25-20-26-16(12-19(27-20)21(22,23)24)15-9-10-17(28-2)18(11-15)29-3/h4-13H,1-3H3,(H,25,26,27). The Labute approximate surface area is 166 Å². The Hall–Kier alpha value is -3.29. The van der Waals surface area contributed by atoms with Crippen LogP contribution in [-0.4, -0.2) is 24.2 Å². The molecule has 0 amide bonds. The van der Waals surface area contributed by atoms with Crippen molar-refractivity contribution in [1.29, 1.82) is 0 Å². The van der Waals surface area contributed by atoms with Gasteiger partial charge in [-0.3, -0.25) is 0 Å². The number of aromatic nitrogens is 2. The molecule has 0 saturated carbocycles. The lowest BCUT2D eigenvalue weighted by atomic mass is 10.1. The molecule has 2 aromatic carbocycles. The molecule has 152 valence electrons. The molecule has 5 nitrogen and oxygen atoms in total. The van der Waals surface area contributed by atoms with E-state index >= 15 is 0 Å². The van der Waals surface area contributed by atoms with Gasteiger partial charge in [0, 0.05) is 5.56 Å². The highest BCUT2D eigenvalue weighted by Crippen LogP contribution is 2.35. The van der Waals surface area contributed by atoms with Gasteiger partial charge in [0.15, 0.2) is 17.2 Å². The molecular formula is C21H20F3N3O2. The first-order valence-electron chi connectivity index (χ1n) is 8.82. The van der Waals surface area contributed by atoms with E-state index in [9.17, 15) is 13.2 Å². The Kier molecular flexibility index (Phi) is 5.91. The van der Waals surface area contributed by atoms with E-state index in [1.165, 1.54) is 14.2 Å². The number of ether oxygens (including phenoxy) is 2. The predicted octanol–water partition coefficient (Wildman–Crippen LogP) is 5.35. The fraction of sp³-hybridized carbons (Fsp3) is 0.238. The topological polar surface area (TPSA) is 56.3 Å². The zero-order chi connectivity index (χ0) is 21.0. The minimum atomic E-state index is -4.61. The van der Waals surface area contributed by atoms with Crippen molar-refractivity contribution in [3.63, 3.8) is 0 Å². The second-order valence-electron chi connectivity index (χ2n) is 6.31. The van der Waals surface area contributed by atoms with E-state index in [0.717, 1.165) is 11.6 Å². The van der Waals surface area contributed by atoms with Crippen molar-refractivity contribution in [3.05, 3.63) is 65.9 Å². The zero-order valence-corrected chi connectivity index (χ0v) is 16.1. The van der Waals surface area contributed by atoms with Crippen molar-refractivity contribution in [2.45, 2.75) is 19.1 Å².